The van der Waals surface area contributed by atoms with E-state index >= 15 is 0 Å². The molecule has 1 aliphatic rings. The third kappa shape index (κ3) is 4.26. The number of carbonyl (C=O) groups is 2. The van der Waals surface area contributed by atoms with E-state index in [0.29, 0.717) is 17.3 Å². The van der Waals surface area contributed by atoms with E-state index in [1.54, 1.807) is 24.3 Å². The van der Waals surface area contributed by atoms with Gasteiger partial charge in [0.25, 0.3) is 0 Å². The normalized spacial score (nSPS) is 15.3. The zero-order chi connectivity index (χ0) is 14.5. The Balaban J connectivity index is 1.95. The molecule has 1 aromatic rings. The minimum absolute atomic E-state index is 0.114. The number of anilines is 1. The molecule has 0 heterocycles. The van der Waals surface area contributed by atoms with Crippen LogP contribution < -0.4 is 10.6 Å². The fourth-order valence-corrected chi connectivity index (χ4v) is 1.64. The lowest BCUT2D eigenvalue weighted by atomic mass is 10.2. The monoisotopic (exact) mass is 276 g/mol. The molecule has 1 unspecified atom stereocenters. The highest BCUT2D eigenvalue weighted by atomic mass is 16.5. The Kier molecular flexibility index (Phi) is 4.61. The molecule has 0 bridgehead atoms. The summed E-state index contributed by atoms with van der Waals surface area (Å²) >= 11 is 0. The molecule has 2 rings (SSSR count). The van der Waals surface area contributed by atoms with E-state index in [0.717, 1.165) is 19.3 Å². The molecule has 1 fully saturated rings. The molecule has 108 valence electrons. The molecule has 0 saturated heterocycles. The highest BCUT2D eigenvalue weighted by molar-refractivity contribution is 5.94. The van der Waals surface area contributed by atoms with Crippen LogP contribution in [0.15, 0.2) is 24.3 Å². The maximum Gasteiger partial charge on any atom is 0.338 e. The summed E-state index contributed by atoms with van der Waals surface area (Å²) in [6.07, 6.45) is 2.73. The molecule has 5 nitrogen and oxygen atoms in total. The molecule has 0 aliphatic heterocycles. The molecule has 0 spiro atoms. The largest absolute Gasteiger partial charge is 0.459 e. The van der Waals surface area contributed by atoms with Crippen molar-refractivity contribution in [1.29, 1.82) is 0 Å². The van der Waals surface area contributed by atoms with Crippen LogP contribution in [0.5, 0.6) is 0 Å². The molecule has 0 aromatic heterocycles. The summed E-state index contributed by atoms with van der Waals surface area (Å²) in [6.45, 7) is 3.81. The summed E-state index contributed by atoms with van der Waals surface area (Å²) in [5.41, 5.74) is 1.02. The van der Waals surface area contributed by atoms with Crippen LogP contribution in [-0.2, 0) is 4.74 Å². The Hall–Kier alpha value is -2.04. The second kappa shape index (κ2) is 6.41. The van der Waals surface area contributed by atoms with Crippen molar-refractivity contribution in [2.75, 3.05) is 5.32 Å². The summed E-state index contributed by atoms with van der Waals surface area (Å²) in [5.74, 6) is -0.370. The van der Waals surface area contributed by atoms with Crippen molar-refractivity contribution in [2.24, 2.45) is 0 Å². The predicted octanol–water partition coefficient (Wildman–Crippen LogP) is 2.93. The van der Waals surface area contributed by atoms with Gasteiger partial charge in [0.2, 0.25) is 0 Å². The molecule has 2 amide bonds. The van der Waals surface area contributed by atoms with E-state index in [2.05, 4.69) is 10.6 Å². The number of urea groups is 1. The van der Waals surface area contributed by atoms with Crippen molar-refractivity contribution < 1.29 is 14.3 Å². The van der Waals surface area contributed by atoms with Crippen molar-refractivity contribution in [3.63, 3.8) is 0 Å². The predicted molar refractivity (Wildman–Crippen MR) is 76.8 cm³/mol. The van der Waals surface area contributed by atoms with Gasteiger partial charge in [0.05, 0.1) is 11.7 Å². The van der Waals surface area contributed by atoms with E-state index < -0.39 is 0 Å². The van der Waals surface area contributed by atoms with Gasteiger partial charge in [-0.25, -0.2) is 9.59 Å². The van der Waals surface area contributed by atoms with E-state index in [-0.39, 0.29) is 18.1 Å². The number of ether oxygens (including phenoxy) is 1. The maximum absolute atomic E-state index is 11.9. The van der Waals surface area contributed by atoms with Crippen LogP contribution in [0, 0.1) is 0 Å². The van der Waals surface area contributed by atoms with Gasteiger partial charge >= 0.3 is 12.0 Å². The zero-order valence-electron chi connectivity index (χ0n) is 11.8. The fourth-order valence-electron chi connectivity index (χ4n) is 1.64. The first-order valence-corrected chi connectivity index (χ1v) is 6.97. The van der Waals surface area contributed by atoms with Crippen LogP contribution in [0.4, 0.5) is 10.5 Å². The lowest BCUT2D eigenvalue weighted by Crippen LogP contribution is -2.30. The van der Waals surface area contributed by atoms with Gasteiger partial charge in [-0.3, -0.25) is 0 Å². The highest BCUT2D eigenvalue weighted by Gasteiger charge is 2.23. The van der Waals surface area contributed by atoms with E-state index in [1.807, 2.05) is 13.8 Å². The quantitative estimate of drug-likeness (QED) is 0.812. The van der Waals surface area contributed by atoms with Crippen LogP contribution in [0.2, 0.25) is 0 Å². The average Bonchev–Trinajstić information content (AvgIpc) is 3.22. The Morgan fingerprint density at radius 1 is 1.40 bits per heavy atom. The summed E-state index contributed by atoms with van der Waals surface area (Å²) in [6, 6.07) is 6.83. The average molecular weight is 276 g/mol. The first-order valence-electron chi connectivity index (χ1n) is 6.97. The van der Waals surface area contributed by atoms with E-state index in [4.69, 9.17) is 4.74 Å². The number of amides is 2. The van der Waals surface area contributed by atoms with E-state index in [9.17, 15) is 9.59 Å². The van der Waals surface area contributed by atoms with E-state index in [1.165, 1.54) is 0 Å². The smallest absolute Gasteiger partial charge is 0.338 e. The molecule has 1 saturated carbocycles. The van der Waals surface area contributed by atoms with Gasteiger partial charge in [-0.1, -0.05) is 13.0 Å². The molecule has 2 N–H and O–H groups in total. The fraction of sp³-hybridized carbons (Fsp3) is 0.467. The second-order valence-corrected chi connectivity index (χ2v) is 5.08. The van der Waals surface area contributed by atoms with Crippen LogP contribution in [-0.4, -0.2) is 24.1 Å². The Morgan fingerprint density at radius 2 is 2.15 bits per heavy atom. The standard InChI is InChI=1S/C15H20N2O3/c1-3-10(2)20-14(18)11-5-4-6-13(9-11)17-15(19)16-12-7-8-12/h4-6,9-10,12H,3,7-8H2,1-2H3,(H2,16,17,19). The zero-order valence-corrected chi connectivity index (χ0v) is 11.8. The Bertz CT molecular complexity index is 498. The number of hydrogen-bond acceptors (Lipinski definition) is 3. The summed E-state index contributed by atoms with van der Waals surface area (Å²) in [7, 11) is 0. The van der Waals surface area contributed by atoms with Crippen LogP contribution in [0.3, 0.4) is 0 Å². The topological polar surface area (TPSA) is 67.4 Å². The maximum atomic E-state index is 11.9. The first kappa shape index (κ1) is 14.4. The molecular weight excluding hydrogens is 256 g/mol. The SMILES string of the molecule is CCC(C)OC(=O)c1cccc(NC(=O)NC2CC2)c1. The molecule has 0 radical (unpaired) electrons. The van der Waals surface area contributed by atoms with Crippen molar-refractivity contribution in [3.8, 4) is 0 Å². The molecular formula is C15H20N2O3. The summed E-state index contributed by atoms with van der Waals surface area (Å²) < 4.78 is 5.25. The van der Waals surface area contributed by atoms with Gasteiger partial charge in [0.1, 0.15) is 0 Å². The van der Waals surface area contributed by atoms with Crippen molar-refractivity contribution in [1.82, 2.24) is 5.32 Å². The third-order valence-corrected chi connectivity index (χ3v) is 3.15. The van der Waals surface area contributed by atoms with Gasteiger partial charge in [-0.05, 0) is 44.4 Å². The van der Waals surface area contributed by atoms with Crippen LogP contribution in [0.25, 0.3) is 0 Å². The molecule has 1 aliphatic carbocycles. The second-order valence-electron chi connectivity index (χ2n) is 5.08. The number of rotatable bonds is 5. The van der Waals surface area contributed by atoms with Gasteiger partial charge in [0.15, 0.2) is 0 Å². The Morgan fingerprint density at radius 3 is 2.80 bits per heavy atom. The van der Waals surface area contributed by atoms with Gasteiger partial charge in [0, 0.05) is 11.7 Å². The summed E-state index contributed by atoms with van der Waals surface area (Å²) in [4.78, 5) is 23.5. The third-order valence-electron chi connectivity index (χ3n) is 3.15. The molecule has 1 aromatic carbocycles. The highest BCUT2D eigenvalue weighted by Crippen LogP contribution is 2.19. The molecule has 1 atom stereocenters. The first-order chi connectivity index (χ1) is 9.58. The minimum atomic E-state index is -0.370. The molecule has 20 heavy (non-hydrogen) atoms. The van der Waals surface area contributed by atoms with Crippen molar-refractivity contribution >= 4 is 17.7 Å². The number of esters is 1. The number of hydrogen-bond donors (Lipinski definition) is 2. The Labute approximate surface area is 118 Å². The lowest BCUT2D eigenvalue weighted by Gasteiger charge is -2.12. The summed E-state index contributed by atoms with van der Waals surface area (Å²) in [5, 5.41) is 5.54. The van der Waals surface area contributed by atoms with Gasteiger partial charge < -0.3 is 15.4 Å². The number of nitrogens with one attached hydrogen (secondary N) is 2. The van der Waals surface area contributed by atoms with Crippen molar-refractivity contribution in [3.05, 3.63) is 29.8 Å². The van der Waals surface area contributed by atoms with Crippen LogP contribution >= 0.6 is 0 Å². The van der Waals surface area contributed by atoms with Crippen molar-refractivity contribution in [2.45, 2.75) is 45.3 Å². The van der Waals surface area contributed by atoms with Gasteiger partial charge in [-0.2, -0.15) is 0 Å². The van der Waals surface area contributed by atoms with Crippen LogP contribution in [0.1, 0.15) is 43.5 Å². The minimum Gasteiger partial charge on any atom is -0.459 e. The number of benzene rings is 1. The van der Waals surface area contributed by atoms with Gasteiger partial charge in [-0.15, -0.1) is 0 Å². The molecule has 5 heteroatoms. The lowest BCUT2D eigenvalue weighted by molar-refractivity contribution is 0.0334. The number of carbonyl (C=O) groups excluding carboxylic acids is 2.